The van der Waals surface area contributed by atoms with Crippen molar-refractivity contribution >= 4 is 11.9 Å². The minimum atomic E-state index is -0.715. The predicted octanol–water partition coefficient (Wildman–Crippen LogP) is 5.01. The van der Waals surface area contributed by atoms with Gasteiger partial charge in [-0.05, 0) is 19.3 Å². The molecule has 1 heterocycles. The molecule has 24 heavy (non-hydrogen) atoms. The van der Waals surface area contributed by atoms with E-state index < -0.39 is 5.97 Å². The molecule has 1 rings (SSSR count). The first-order valence-electron chi connectivity index (χ1n) is 10.2. The number of carbonyl (C=O) groups is 2. The Kier molecular flexibility index (Phi) is 11.6. The number of unbranched alkanes of at least 4 members (excludes halogenated alkanes) is 10. The van der Waals surface area contributed by atoms with Crippen LogP contribution in [0.4, 0.5) is 0 Å². The second-order valence-electron chi connectivity index (χ2n) is 7.28. The van der Waals surface area contributed by atoms with Gasteiger partial charge in [0.25, 0.3) is 0 Å². The third-order valence-electron chi connectivity index (χ3n) is 5.19. The number of carbonyl (C=O) groups excluding carboxylic acids is 1. The van der Waals surface area contributed by atoms with Crippen LogP contribution in [0, 0.1) is 5.92 Å². The minimum absolute atomic E-state index is 0.217. The van der Waals surface area contributed by atoms with E-state index in [4.69, 9.17) is 5.11 Å². The largest absolute Gasteiger partial charge is 0.481 e. The highest BCUT2D eigenvalue weighted by atomic mass is 16.4. The second-order valence-corrected chi connectivity index (χ2v) is 7.28. The monoisotopic (exact) mass is 339 g/mol. The van der Waals surface area contributed by atoms with E-state index in [0.717, 1.165) is 12.8 Å². The van der Waals surface area contributed by atoms with Crippen molar-refractivity contribution in [3.63, 3.8) is 0 Å². The maximum Gasteiger partial charge on any atom is 0.306 e. The molecule has 4 heteroatoms. The van der Waals surface area contributed by atoms with E-state index in [-0.39, 0.29) is 11.8 Å². The number of likely N-dealkylation sites (tertiary alicyclic amines) is 1. The molecule has 140 valence electrons. The number of carboxylic acids is 1. The lowest BCUT2D eigenvalue weighted by Crippen LogP contribution is -2.40. The summed E-state index contributed by atoms with van der Waals surface area (Å²) in [4.78, 5) is 24.9. The molecule has 0 saturated carbocycles. The smallest absolute Gasteiger partial charge is 0.306 e. The molecular formula is C20H37NO3. The fraction of sp³-hybridized carbons (Fsp3) is 0.900. The SMILES string of the molecule is CCCCCCCCCCCCCC(=O)N1CCC(C(=O)O)CC1. The van der Waals surface area contributed by atoms with E-state index in [1.165, 1.54) is 57.8 Å². The van der Waals surface area contributed by atoms with Crippen LogP contribution in [0.25, 0.3) is 0 Å². The number of rotatable bonds is 13. The standard InChI is InChI=1S/C20H37NO3/c1-2-3-4-5-6-7-8-9-10-11-12-13-19(22)21-16-14-18(15-17-21)20(23)24/h18H,2-17H2,1H3,(H,23,24). The summed E-state index contributed by atoms with van der Waals surface area (Å²) < 4.78 is 0. The molecule has 0 aliphatic carbocycles. The Hall–Kier alpha value is -1.06. The summed E-state index contributed by atoms with van der Waals surface area (Å²) in [6, 6.07) is 0. The molecule has 1 amide bonds. The maximum atomic E-state index is 12.1. The molecule has 0 aromatic carbocycles. The van der Waals surface area contributed by atoms with Gasteiger partial charge in [0.05, 0.1) is 5.92 Å². The number of hydrogen-bond donors (Lipinski definition) is 1. The highest BCUT2D eigenvalue weighted by Gasteiger charge is 2.26. The molecule has 0 unspecified atom stereocenters. The highest BCUT2D eigenvalue weighted by molar-refractivity contribution is 5.77. The molecule has 0 aromatic rings. The normalized spacial score (nSPS) is 15.6. The Bertz CT molecular complexity index is 349. The lowest BCUT2D eigenvalue weighted by molar-refractivity contribution is -0.145. The van der Waals surface area contributed by atoms with Gasteiger partial charge in [0.15, 0.2) is 0 Å². The zero-order valence-electron chi connectivity index (χ0n) is 15.6. The number of aliphatic carboxylic acids is 1. The summed E-state index contributed by atoms with van der Waals surface area (Å²) in [5, 5.41) is 8.98. The van der Waals surface area contributed by atoms with Crippen LogP contribution in [-0.4, -0.2) is 35.0 Å². The topological polar surface area (TPSA) is 57.6 Å². The van der Waals surface area contributed by atoms with Gasteiger partial charge in [-0.3, -0.25) is 9.59 Å². The fourth-order valence-electron chi connectivity index (χ4n) is 3.47. The van der Waals surface area contributed by atoms with Crippen LogP contribution in [0.1, 0.15) is 96.8 Å². The highest BCUT2D eigenvalue weighted by Crippen LogP contribution is 2.19. The summed E-state index contributed by atoms with van der Waals surface area (Å²) in [7, 11) is 0. The average Bonchev–Trinajstić information content (AvgIpc) is 2.59. The molecule has 1 fully saturated rings. The van der Waals surface area contributed by atoms with Crippen molar-refractivity contribution in [2.75, 3.05) is 13.1 Å². The first kappa shape index (κ1) is 21.0. The van der Waals surface area contributed by atoms with E-state index in [1.54, 1.807) is 0 Å². The van der Waals surface area contributed by atoms with Crippen molar-refractivity contribution in [1.82, 2.24) is 4.90 Å². The van der Waals surface area contributed by atoms with Crippen LogP contribution >= 0.6 is 0 Å². The Labute approximate surface area is 148 Å². The Balaban J connectivity index is 1.91. The molecule has 1 aliphatic rings. The first-order valence-corrected chi connectivity index (χ1v) is 10.2. The van der Waals surface area contributed by atoms with Gasteiger partial charge in [0.2, 0.25) is 5.91 Å². The molecule has 0 spiro atoms. The quantitative estimate of drug-likeness (QED) is 0.480. The van der Waals surface area contributed by atoms with Crippen LogP contribution in [0.5, 0.6) is 0 Å². The van der Waals surface area contributed by atoms with Crippen LogP contribution in [0.2, 0.25) is 0 Å². The summed E-state index contributed by atoms with van der Waals surface area (Å²) in [5.41, 5.74) is 0. The zero-order chi connectivity index (χ0) is 17.6. The third-order valence-corrected chi connectivity index (χ3v) is 5.19. The van der Waals surface area contributed by atoms with Crippen molar-refractivity contribution in [3.8, 4) is 0 Å². The number of piperidine rings is 1. The van der Waals surface area contributed by atoms with E-state index in [0.29, 0.717) is 32.4 Å². The summed E-state index contributed by atoms with van der Waals surface area (Å²) in [6.45, 7) is 3.49. The van der Waals surface area contributed by atoms with Crippen LogP contribution in [0.15, 0.2) is 0 Å². The van der Waals surface area contributed by atoms with Gasteiger partial charge < -0.3 is 10.0 Å². The van der Waals surface area contributed by atoms with Crippen molar-refractivity contribution < 1.29 is 14.7 Å². The van der Waals surface area contributed by atoms with Crippen LogP contribution in [-0.2, 0) is 9.59 Å². The van der Waals surface area contributed by atoms with Gasteiger partial charge in [-0.1, -0.05) is 71.1 Å². The number of nitrogens with zero attached hydrogens (tertiary/aromatic N) is 1. The summed E-state index contributed by atoms with van der Waals surface area (Å²) in [6.07, 6.45) is 16.1. The predicted molar refractivity (Wildman–Crippen MR) is 98.0 cm³/mol. The second kappa shape index (κ2) is 13.3. The van der Waals surface area contributed by atoms with Crippen molar-refractivity contribution in [1.29, 1.82) is 0 Å². The Morgan fingerprint density at radius 3 is 1.75 bits per heavy atom. The van der Waals surface area contributed by atoms with Gasteiger partial charge in [0.1, 0.15) is 0 Å². The van der Waals surface area contributed by atoms with Crippen LogP contribution in [0.3, 0.4) is 0 Å². The number of amides is 1. The first-order chi connectivity index (χ1) is 11.6. The Morgan fingerprint density at radius 1 is 0.833 bits per heavy atom. The van der Waals surface area contributed by atoms with Gasteiger partial charge in [-0.15, -0.1) is 0 Å². The molecule has 1 aliphatic heterocycles. The van der Waals surface area contributed by atoms with Crippen molar-refractivity contribution in [3.05, 3.63) is 0 Å². The van der Waals surface area contributed by atoms with Crippen molar-refractivity contribution in [2.24, 2.45) is 5.92 Å². The van der Waals surface area contributed by atoms with E-state index in [1.807, 2.05) is 4.90 Å². The van der Waals surface area contributed by atoms with Crippen molar-refractivity contribution in [2.45, 2.75) is 96.8 Å². The zero-order valence-corrected chi connectivity index (χ0v) is 15.6. The summed E-state index contributed by atoms with van der Waals surface area (Å²) in [5.74, 6) is -0.752. The lowest BCUT2D eigenvalue weighted by atomic mass is 9.97. The average molecular weight is 340 g/mol. The molecule has 1 saturated heterocycles. The Morgan fingerprint density at radius 2 is 1.29 bits per heavy atom. The molecule has 0 atom stereocenters. The molecule has 0 radical (unpaired) electrons. The number of carboxylic acid groups (broad SMARTS) is 1. The van der Waals surface area contributed by atoms with E-state index in [2.05, 4.69) is 6.92 Å². The third kappa shape index (κ3) is 9.29. The van der Waals surface area contributed by atoms with E-state index >= 15 is 0 Å². The summed E-state index contributed by atoms with van der Waals surface area (Å²) >= 11 is 0. The molecule has 0 aromatic heterocycles. The van der Waals surface area contributed by atoms with Gasteiger partial charge >= 0.3 is 5.97 Å². The molecular weight excluding hydrogens is 302 g/mol. The van der Waals surface area contributed by atoms with Gasteiger partial charge in [0, 0.05) is 19.5 Å². The number of hydrogen-bond acceptors (Lipinski definition) is 2. The lowest BCUT2D eigenvalue weighted by Gasteiger charge is -2.30. The van der Waals surface area contributed by atoms with E-state index in [9.17, 15) is 9.59 Å². The minimum Gasteiger partial charge on any atom is -0.481 e. The van der Waals surface area contributed by atoms with Crippen LogP contribution < -0.4 is 0 Å². The molecule has 4 nitrogen and oxygen atoms in total. The fourth-order valence-corrected chi connectivity index (χ4v) is 3.47. The van der Waals surface area contributed by atoms with Gasteiger partial charge in [-0.2, -0.15) is 0 Å². The molecule has 1 N–H and O–H groups in total. The molecule has 0 bridgehead atoms. The van der Waals surface area contributed by atoms with Gasteiger partial charge in [-0.25, -0.2) is 0 Å². The maximum absolute atomic E-state index is 12.1.